The summed E-state index contributed by atoms with van der Waals surface area (Å²) in [6.45, 7) is 6.92. The summed E-state index contributed by atoms with van der Waals surface area (Å²) in [7, 11) is 0. The van der Waals surface area contributed by atoms with Crippen LogP contribution in [0.25, 0.3) is 11.3 Å². The van der Waals surface area contributed by atoms with Crippen LogP contribution in [0.4, 0.5) is 4.39 Å². The summed E-state index contributed by atoms with van der Waals surface area (Å²) in [5, 5.41) is 0. The molecule has 108 valence electrons. The number of aromatic amines is 1. The van der Waals surface area contributed by atoms with E-state index in [4.69, 9.17) is 5.73 Å². The van der Waals surface area contributed by atoms with Gasteiger partial charge < -0.3 is 10.7 Å². The Morgan fingerprint density at radius 3 is 2.45 bits per heavy atom. The van der Waals surface area contributed by atoms with Crippen LogP contribution in [0.2, 0.25) is 0 Å². The molecule has 3 nitrogen and oxygen atoms in total. The lowest BCUT2D eigenvalue weighted by Gasteiger charge is -2.14. The third-order valence-electron chi connectivity index (χ3n) is 3.45. The third kappa shape index (κ3) is 3.25. The van der Waals surface area contributed by atoms with Gasteiger partial charge in [0.15, 0.2) is 0 Å². The smallest absolute Gasteiger partial charge is 0.123 e. The summed E-state index contributed by atoms with van der Waals surface area (Å²) in [4.78, 5) is 8.01. The molecule has 0 amide bonds. The average Bonchev–Trinajstić information content (AvgIpc) is 2.78. The van der Waals surface area contributed by atoms with Crippen LogP contribution in [0.3, 0.4) is 0 Å². The number of H-pyrrole nitrogens is 1. The second-order valence-corrected chi connectivity index (χ2v) is 5.66. The number of aromatic nitrogens is 2. The monoisotopic (exact) mass is 275 g/mol. The molecule has 3 N–H and O–H groups in total. The van der Waals surface area contributed by atoms with E-state index in [1.165, 1.54) is 12.1 Å². The lowest BCUT2D eigenvalue weighted by molar-refractivity contribution is 0.490. The van der Waals surface area contributed by atoms with E-state index in [2.05, 4.69) is 23.8 Å². The summed E-state index contributed by atoms with van der Waals surface area (Å²) in [5.41, 5.74) is 8.66. The van der Waals surface area contributed by atoms with Crippen molar-refractivity contribution < 1.29 is 4.39 Å². The maximum Gasteiger partial charge on any atom is 0.123 e. The van der Waals surface area contributed by atoms with Gasteiger partial charge in [-0.25, -0.2) is 9.37 Å². The molecule has 0 aliphatic rings. The second kappa shape index (κ2) is 6.18. The average molecular weight is 275 g/mol. The van der Waals surface area contributed by atoms with Crippen molar-refractivity contribution in [1.29, 1.82) is 0 Å². The van der Waals surface area contributed by atoms with Crippen molar-refractivity contribution in [3.8, 4) is 11.3 Å². The van der Waals surface area contributed by atoms with Gasteiger partial charge in [0.25, 0.3) is 0 Å². The van der Waals surface area contributed by atoms with Crippen LogP contribution in [0, 0.1) is 18.7 Å². The van der Waals surface area contributed by atoms with Crippen molar-refractivity contribution in [2.75, 3.05) is 6.54 Å². The zero-order valence-corrected chi connectivity index (χ0v) is 12.3. The van der Waals surface area contributed by atoms with Gasteiger partial charge >= 0.3 is 0 Å². The molecular formula is C16H22FN3. The number of imidazole rings is 1. The van der Waals surface area contributed by atoms with Gasteiger partial charge in [0, 0.05) is 23.7 Å². The number of rotatable bonds is 5. The summed E-state index contributed by atoms with van der Waals surface area (Å²) in [6, 6.07) is 6.42. The first kappa shape index (κ1) is 14.7. The van der Waals surface area contributed by atoms with Gasteiger partial charge in [-0.05, 0) is 43.5 Å². The van der Waals surface area contributed by atoms with Gasteiger partial charge in [-0.1, -0.05) is 13.8 Å². The topological polar surface area (TPSA) is 54.7 Å². The molecule has 1 aromatic heterocycles. The fourth-order valence-electron chi connectivity index (χ4n) is 2.45. The second-order valence-electron chi connectivity index (χ2n) is 5.66. The number of hydrogen-bond acceptors (Lipinski definition) is 2. The Bertz CT molecular complexity index is 558. The molecule has 1 unspecified atom stereocenters. The van der Waals surface area contributed by atoms with Crippen LogP contribution in [0.1, 0.15) is 37.7 Å². The molecule has 2 rings (SSSR count). The van der Waals surface area contributed by atoms with Gasteiger partial charge in [-0.15, -0.1) is 0 Å². The van der Waals surface area contributed by atoms with Crippen LogP contribution < -0.4 is 5.73 Å². The molecule has 0 bridgehead atoms. The Morgan fingerprint density at radius 2 is 1.90 bits per heavy atom. The van der Waals surface area contributed by atoms with E-state index in [-0.39, 0.29) is 11.7 Å². The van der Waals surface area contributed by atoms with Crippen LogP contribution in [-0.4, -0.2) is 16.5 Å². The van der Waals surface area contributed by atoms with E-state index in [0.717, 1.165) is 29.2 Å². The molecule has 20 heavy (non-hydrogen) atoms. The Hall–Kier alpha value is -1.68. The number of halogens is 1. The predicted molar refractivity (Wildman–Crippen MR) is 80.0 cm³/mol. The standard InChI is InChI=1S/C16H22FN3/c1-10(2)8-13(9-18)16-19-11(3)15(20-16)12-4-6-14(17)7-5-12/h4-7,10,13H,8-9,18H2,1-3H3,(H,19,20). The molecule has 0 saturated heterocycles. The molecule has 1 heterocycles. The maximum atomic E-state index is 13.0. The van der Waals surface area contributed by atoms with E-state index in [1.54, 1.807) is 12.1 Å². The molecule has 0 saturated carbocycles. The Morgan fingerprint density at radius 1 is 1.25 bits per heavy atom. The molecule has 1 aromatic carbocycles. The minimum Gasteiger partial charge on any atom is -0.345 e. The number of hydrogen-bond donors (Lipinski definition) is 2. The van der Waals surface area contributed by atoms with Gasteiger partial charge in [-0.2, -0.15) is 0 Å². The van der Waals surface area contributed by atoms with Crippen molar-refractivity contribution in [3.63, 3.8) is 0 Å². The van der Waals surface area contributed by atoms with Crippen LogP contribution in [-0.2, 0) is 0 Å². The van der Waals surface area contributed by atoms with Crippen molar-refractivity contribution in [3.05, 3.63) is 41.6 Å². The van der Waals surface area contributed by atoms with Crippen LogP contribution >= 0.6 is 0 Å². The first-order valence-corrected chi connectivity index (χ1v) is 7.03. The van der Waals surface area contributed by atoms with Crippen molar-refractivity contribution >= 4 is 0 Å². The fraction of sp³-hybridized carbons (Fsp3) is 0.438. The van der Waals surface area contributed by atoms with Gasteiger partial charge in [0.2, 0.25) is 0 Å². The van der Waals surface area contributed by atoms with Gasteiger partial charge in [0.05, 0.1) is 5.69 Å². The molecule has 0 aliphatic carbocycles. The van der Waals surface area contributed by atoms with E-state index in [0.29, 0.717) is 12.5 Å². The third-order valence-corrected chi connectivity index (χ3v) is 3.45. The maximum absolute atomic E-state index is 13.0. The largest absolute Gasteiger partial charge is 0.345 e. The van der Waals surface area contributed by atoms with Crippen molar-refractivity contribution in [2.24, 2.45) is 11.7 Å². The van der Waals surface area contributed by atoms with Crippen molar-refractivity contribution in [2.45, 2.75) is 33.1 Å². The van der Waals surface area contributed by atoms with Gasteiger partial charge in [-0.3, -0.25) is 0 Å². The number of nitrogens with one attached hydrogen (secondary N) is 1. The Kier molecular flexibility index (Phi) is 4.55. The van der Waals surface area contributed by atoms with E-state index < -0.39 is 0 Å². The fourth-order valence-corrected chi connectivity index (χ4v) is 2.45. The minimum atomic E-state index is -0.234. The lowest BCUT2D eigenvalue weighted by atomic mass is 9.97. The van der Waals surface area contributed by atoms with Gasteiger partial charge in [0.1, 0.15) is 11.6 Å². The highest BCUT2D eigenvalue weighted by Gasteiger charge is 2.17. The van der Waals surface area contributed by atoms with Crippen LogP contribution in [0.15, 0.2) is 24.3 Å². The Labute approximate surface area is 119 Å². The quantitative estimate of drug-likeness (QED) is 0.875. The van der Waals surface area contributed by atoms with E-state index >= 15 is 0 Å². The molecule has 0 fully saturated rings. The zero-order valence-electron chi connectivity index (χ0n) is 12.3. The van der Waals surface area contributed by atoms with E-state index in [1.807, 2.05) is 6.92 Å². The molecule has 4 heteroatoms. The predicted octanol–water partition coefficient (Wildman–Crippen LogP) is 3.61. The highest BCUT2D eigenvalue weighted by Crippen LogP contribution is 2.26. The summed E-state index contributed by atoms with van der Waals surface area (Å²) < 4.78 is 13.0. The first-order valence-electron chi connectivity index (χ1n) is 7.03. The lowest BCUT2D eigenvalue weighted by Crippen LogP contribution is -2.16. The number of nitrogens with two attached hydrogens (primary N) is 1. The minimum absolute atomic E-state index is 0.234. The summed E-state index contributed by atoms with van der Waals surface area (Å²) in [5.74, 6) is 1.51. The molecule has 0 radical (unpaired) electrons. The molecule has 2 aromatic rings. The first-order chi connectivity index (χ1) is 9.51. The highest BCUT2D eigenvalue weighted by molar-refractivity contribution is 5.61. The molecule has 1 atom stereocenters. The number of nitrogens with zero attached hydrogens (tertiary/aromatic N) is 1. The summed E-state index contributed by atoms with van der Waals surface area (Å²) in [6.07, 6.45) is 1.01. The molecule has 0 aliphatic heterocycles. The van der Waals surface area contributed by atoms with Crippen LogP contribution in [0.5, 0.6) is 0 Å². The van der Waals surface area contributed by atoms with E-state index in [9.17, 15) is 4.39 Å². The highest BCUT2D eigenvalue weighted by atomic mass is 19.1. The molecular weight excluding hydrogens is 253 g/mol. The SMILES string of the molecule is Cc1[nH]c(C(CN)CC(C)C)nc1-c1ccc(F)cc1. The normalized spacial score (nSPS) is 12.9. The Balaban J connectivity index is 2.31. The molecule has 0 spiro atoms. The number of aryl methyl sites for hydroxylation is 1. The zero-order chi connectivity index (χ0) is 14.7. The summed E-state index contributed by atoms with van der Waals surface area (Å²) >= 11 is 0. The van der Waals surface area contributed by atoms with Crippen molar-refractivity contribution in [1.82, 2.24) is 9.97 Å². The number of benzene rings is 1.